The minimum atomic E-state index is -1.08. The Labute approximate surface area is 313 Å². The van der Waals surface area contributed by atoms with Gasteiger partial charge in [-0.3, -0.25) is 18.8 Å². The van der Waals surface area contributed by atoms with Gasteiger partial charge in [0.05, 0.1) is 58.1 Å². The summed E-state index contributed by atoms with van der Waals surface area (Å²) >= 11 is 0. The zero-order valence-electron chi connectivity index (χ0n) is 30.7. The molecule has 15 nitrogen and oxygen atoms in total. The zero-order valence-corrected chi connectivity index (χ0v) is 30.7. The van der Waals surface area contributed by atoms with E-state index in [2.05, 4.69) is 25.4 Å². The number of fused-ring (bicyclic) bond motifs is 1. The van der Waals surface area contributed by atoms with Crippen LogP contribution in [0.1, 0.15) is 17.5 Å². The molecule has 0 spiro atoms. The molecule has 0 fully saturated rings. The van der Waals surface area contributed by atoms with E-state index in [1.165, 1.54) is 43.3 Å². The van der Waals surface area contributed by atoms with Crippen LogP contribution in [0.15, 0.2) is 88.2 Å². The van der Waals surface area contributed by atoms with Crippen LogP contribution < -0.4 is 20.3 Å². The molecule has 5 aromatic rings. The number of rotatable bonds is 15. The first kappa shape index (κ1) is 38.1. The van der Waals surface area contributed by atoms with E-state index in [4.69, 9.17) is 9.47 Å². The Kier molecular flexibility index (Phi) is 10.9. The fourth-order valence-corrected chi connectivity index (χ4v) is 6.33. The second-order valence-corrected chi connectivity index (χ2v) is 13.5. The Morgan fingerprint density at radius 2 is 1.82 bits per heavy atom. The van der Waals surface area contributed by atoms with E-state index in [0.717, 1.165) is 6.07 Å². The van der Waals surface area contributed by atoms with Gasteiger partial charge in [-0.05, 0) is 34.3 Å². The van der Waals surface area contributed by atoms with Crippen molar-refractivity contribution in [1.29, 1.82) is 0 Å². The molecule has 0 atom stereocenters. The predicted molar refractivity (Wildman–Crippen MR) is 201 cm³/mol. The maximum absolute atomic E-state index is 15.8. The highest BCUT2D eigenvalue weighted by Gasteiger charge is 2.29. The quantitative estimate of drug-likeness (QED) is 0.0666. The van der Waals surface area contributed by atoms with Crippen molar-refractivity contribution in [3.8, 4) is 22.6 Å². The number of halogens is 2. The summed E-state index contributed by atoms with van der Waals surface area (Å²) in [6.07, 6.45) is 8.39. The maximum Gasteiger partial charge on any atom is 0.368 e. The predicted octanol–water partition coefficient (Wildman–Crippen LogP) is 4.99. The van der Waals surface area contributed by atoms with Crippen LogP contribution in [-0.2, 0) is 24.8 Å². The molecular formula is C38H38F2N9O6+. The lowest BCUT2D eigenvalue weighted by Crippen LogP contribution is -2.41. The van der Waals surface area contributed by atoms with Gasteiger partial charge in [-0.25, -0.2) is 13.8 Å². The molecule has 0 aliphatic carbocycles. The van der Waals surface area contributed by atoms with Crippen LogP contribution in [-0.4, -0.2) is 87.1 Å². The Morgan fingerprint density at radius 1 is 1.09 bits per heavy atom. The number of aromatic nitrogens is 5. The molecular weight excluding hydrogens is 716 g/mol. The summed E-state index contributed by atoms with van der Waals surface area (Å²) in [6.45, 7) is 0.775. The minimum Gasteiger partial charge on any atom is -0.494 e. The molecule has 0 bridgehead atoms. The SMILES string of the molecule is COc1cc(OC)c(F)c(-c2cc3cnc(Nc4ccn(C)n4)nc3n(Cc3cccc(CC(=O)/C=C/C[N+](C)(C)CC4=C([N+](=O)[O-])N=CC4)c3)c2=O)c1F. The number of likely N-dealkylation sites (N-methyl/N-ethyl adjacent to an activating group) is 1. The van der Waals surface area contributed by atoms with E-state index in [-0.39, 0.29) is 53.2 Å². The van der Waals surface area contributed by atoms with Gasteiger partial charge in [0.2, 0.25) is 5.95 Å². The van der Waals surface area contributed by atoms with Crippen molar-refractivity contribution in [3.05, 3.63) is 122 Å². The number of hydrogen-bond donors (Lipinski definition) is 1. The molecule has 55 heavy (non-hydrogen) atoms. The van der Waals surface area contributed by atoms with E-state index < -0.39 is 27.7 Å². The number of carbonyl (C=O) groups is 1. The van der Waals surface area contributed by atoms with Crippen LogP contribution in [0.3, 0.4) is 0 Å². The molecule has 0 amide bonds. The highest BCUT2D eigenvalue weighted by molar-refractivity contribution is 5.91. The molecule has 3 aromatic heterocycles. The third-order valence-electron chi connectivity index (χ3n) is 8.90. The summed E-state index contributed by atoms with van der Waals surface area (Å²) in [6, 6.07) is 11.2. The second-order valence-electron chi connectivity index (χ2n) is 13.5. The number of allylic oxidation sites excluding steroid dienone is 1. The Morgan fingerprint density at radius 3 is 2.49 bits per heavy atom. The average molecular weight is 755 g/mol. The molecule has 0 unspecified atom stereocenters. The van der Waals surface area contributed by atoms with Crippen LogP contribution in [0.5, 0.6) is 11.5 Å². The molecule has 1 aliphatic heterocycles. The number of nitrogens with zero attached hydrogens (tertiary/aromatic N) is 8. The monoisotopic (exact) mass is 754 g/mol. The first-order valence-corrected chi connectivity index (χ1v) is 17.0. The lowest BCUT2D eigenvalue weighted by atomic mass is 10.0. The number of methoxy groups -OCH3 is 2. The van der Waals surface area contributed by atoms with Gasteiger partial charge in [0.25, 0.3) is 5.56 Å². The third kappa shape index (κ3) is 8.46. The van der Waals surface area contributed by atoms with E-state index in [1.807, 2.05) is 14.1 Å². The standard InChI is InChI=1S/C38H37F2N9O6/c1-46-14-12-31(45-46)43-38-42-20-26-18-28(32-33(39)29(54-4)19-30(55-5)34(32)40)37(51)47(36(26)44-38)21-24-9-6-8-23(16-24)17-27(50)10-7-15-49(2,3)22-25-11-13-41-35(25)48(52)53/h6-10,12-14,16,18-20H,11,15,17,21-22H2,1-5H3/p+1/b10-7+. The Hall–Kier alpha value is -6.62. The van der Waals surface area contributed by atoms with Crippen LogP contribution in [0, 0.1) is 21.7 Å². The highest BCUT2D eigenvalue weighted by atomic mass is 19.1. The number of quaternary nitrogens is 1. The first-order chi connectivity index (χ1) is 26.3. The van der Waals surface area contributed by atoms with Gasteiger partial charge in [-0.2, -0.15) is 10.1 Å². The topological polar surface area (TPSA) is 169 Å². The number of hydrogen-bond acceptors (Lipinski definition) is 11. The fraction of sp³-hybridized carbons (Fsp3) is 0.263. The number of anilines is 2. The van der Waals surface area contributed by atoms with Crippen molar-refractivity contribution in [1.82, 2.24) is 24.3 Å². The highest BCUT2D eigenvalue weighted by Crippen LogP contribution is 2.37. The molecule has 1 aliphatic rings. The van der Waals surface area contributed by atoms with Crippen molar-refractivity contribution in [3.63, 3.8) is 0 Å². The summed E-state index contributed by atoms with van der Waals surface area (Å²) in [5, 5.41) is 18.9. The zero-order chi connectivity index (χ0) is 39.4. The number of ketones is 1. The van der Waals surface area contributed by atoms with Gasteiger partial charge in [-0.1, -0.05) is 29.3 Å². The van der Waals surface area contributed by atoms with Crippen LogP contribution in [0.4, 0.5) is 20.5 Å². The number of ether oxygens (including phenoxy) is 2. The minimum absolute atomic E-state index is 0.0538. The molecule has 17 heteroatoms. The average Bonchev–Trinajstić information content (AvgIpc) is 3.78. The van der Waals surface area contributed by atoms with E-state index in [0.29, 0.717) is 51.9 Å². The summed E-state index contributed by atoms with van der Waals surface area (Å²) < 4.78 is 45.0. The molecule has 284 valence electrons. The maximum atomic E-state index is 15.8. The largest absolute Gasteiger partial charge is 0.494 e. The fourth-order valence-electron chi connectivity index (χ4n) is 6.33. The number of aliphatic imine (C=N–C) groups is 1. The van der Waals surface area contributed by atoms with Crippen molar-refractivity contribution in [2.45, 2.75) is 19.4 Å². The van der Waals surface area contributed by atoms with Crippen molar-refractivity contribution in [2.24, 2.45) is 12.0 Å². The van der Waals surface area contributed by atoms with E-state index in [1.54, 1.807) is 54.3 Å². The number of benzene rings is 2. The summed E-state index contributed by atoms with van der Waals surface area (Å²) in [5.41, 5.74) is 0.398. The van der Waals surface area contributed by atoms with E-state index >= 15 is 8.78 Å². The molecule has 0 saturated carbocycles. The van der Waals surface area contributed by atoms with Crippen LogP contribution >= 0.6 is 0 Å². The number of nitrogens with one attached hydrogen (secondary N) is 1. The van der Waals surface area contributed by atoms with Gasteiger partial charge in [0.15, 0.2) is 34.7 Å². The third-order valence-corrected chi connectivity index (χ3v) is 8.90. The molecule has 0 saturated heterocycles. The summed E-state index contributed by atoms with van der Waals surface area (Å²) in [5.74, 6) is -2.51. The van der Waals surface area contributed by atoms with Crippen LogP contribution in [0.25, 0.3) is 22.2 Å². The van der Waals surface area contributed by atoms with Gasteiger partial charge in [0, 0.05) is 49.8 Å². The Bertz CT molecular complexity index is 2440. The van der Waals surface area contributed by atoms with E-state index in [9.17, 15) is 19.7 Å². The summed E-state index contributed by atoms with van der Waals surface area (Å²) in [4.78, 5) is 51.0. The van der Waals surface area contributed by atoms with Gasteiger partial charge < -0.3 is 29.4 Å². The number of pyridine rings is 1. The van der Waals surface area contributed by atoms with Gasteiger partial charge >= 0.3 is 5.82 Å². The smallest absolute Gasteiger partial charge is 0.368 e. The molecule has 6 rings (SSSR count). The van der Waals surface area contributed by atoms with Crippen molar-refractivity contribution < 1.29 is 32.5 Å². The second kappa shape index (κ2) is 15.8. The number of aryl methyl sites for hydroxylation is 1. The normalized spacial score (nSPS) is 12.9. The lowest BCUT2D eigenvalue weighted by molar-refractivity contribution is -0.880. The van der Waals surface area contributed by atoms with Crippen LogP contribution in [0.2, 0.25) is 0 Å². The summed E-state index contributed by atoms with van der Waals surface area (Å²) in [7, 11) is 8.02. The Balaban J connectivity index is 1.31. The van der Waals surface area contributed by atoms with Crippen molar-refractivity contribution >= 4 is 34.8 Å². The molecule has 2 aromatic carbocycles. The van der Waals surface area contributed by atoms with Crippen molar-refractivity contribution in [2.75, 3.05) is 46.7 Å². The number of carbonyl (C=O) groups excluding carboxylic acids is 1. The molecule has 0 radical (unpaired) electrons. The number of nitro groups is 1. The first-order valence-electron chi connectivity index (χ1n) is 17.0. The van der Waals surface area contributed by atoms with Gasteiger partial charge in [-0.15, -0.1) is 0 Å². The molecule has 4 heterocycles. The van der Waals surface area contributed by atoms with Gasteiger partial charge in [0.1, 0.15) is 18.4 Å². The lowest BCUT2D eigenvalue weighted by Gasteiger charge is -2.28. The molecule has 1 N–H and O–H groups in total.